The summed E-state index contributed by atoms with van der Waals surface area (Å²) in [6, 6.07) is 35.3. The van der Waals surface area contributed by atoms with Gasteiger partial charge < -0.3 is 0 Å². The SMILES string of the molecule is C=CCC(Cl)(Cl)[Si](C)(C1c2ccccc2-c2ccccc21)C1c2ccccc2-c2ccccc21. The molecule has 0 amide bonds. The largest absolute Gasteiger partial charge is 0.118 e. The Morgan fingerprint density at radius 3 is 1.24 bits per heavy atom. The number of benzene rings is 4. The van der Waals surface area contributed by atoms with E-state index in [0.717, 1.165) is 0 Å². The zero-order valence-electron chi connectivity index (χ0n) is 19.1. The second-order valence-corrected chi connectivity index (χ2v) is 16.4. The molecular formula is C31H26Cl2Si. The summed E-state index contributed by atoms with van der Waals surface area (Å²) in [5.41, 5.74) is 11.0. The summed E-state index contributed by atoms with van der Waals surface area (Å²) >= 11 is 15.1. The fraction of sp³-hybridized carbons (Fsp3) is 0.161. The van der Waals surface area contributed by atoms with Crippen LogP contribution in [-0.4, -0.2) is 12.0 Å². The van der Waals surface area contributed by atoms with Crippen LogP contribution in [0.15, 0.2) is 110 Å². The van der Waals surface area contributed by atoms with Crippen LogP contribution in [0, 0.1) is 0 Å². The summed E-state index contributed by atoms with van der Waals surface area (Å²) in [5.74, 6) is 0. The molecule has 0 atom stereocenters. The molecular weight excluding hydrogens is 471 g/mol. The Balaban J connectivity index is 1.70. The number of allylic oxidation sites excluding steroid dienone is 1. The summed E-state index contributed by atoms with van der Waals surface area (Å²) in [4.78, 5) is 0. The van der Waals surface area contributed by atoms with Crippen LogP contribution in [0.1, 0.15) is 39.8 Å². The number of hydrogen-bond acceptors (Lipinski definition) is 0. The Hall–Kier alpha value is -2.58. The molecule has 3 heteroatoms. The second-order valence-electron chi connectivity index (χ2n) is 9.69. The molecule has 0 N–H and O–H groups in total. The van der Waals surface area contributed by atoms with Crippen LogP contribution in [0.3, 0.4) is 0 Å². The Labute approximate surface area is 212 Å². The average molecular weight is 498 g/mol. The molecule has 2 aliphatic carbocycles. The van der Waals surface area contributed by atoms with E-state index in [1.807, 2.05) is 6.08 Å². The molecule has 2 aliphatic rings. The molecule has 0 aromatic heterocycles. The average Bonchev–Trinajstić information content (AvgIpc) is 3.37. The van der Waals surface area contributed by atoms with Crippen molar-refractivity contribution in [2.24, 2.45) is 0 Å². The first-order valence-electron chi connectivity index (χ1n) is 11.8. The van der Waals surface area contributed by atoms with E-state index < -0.39 is 12.0 Å². The Kier molecular flexibility index (Phi) is 5.15. The van der Waals surface area contributed by atoms with Crippen molar-refractivity contribution in [2.45, 2.75) is 28.0 Å². The number of halogens is 2. The molecule has 0 saturated carbocycles. The highest BCUT2D eigenvalue weighted by Gasteiger charge is 2.61. The number of fused-ring (bicyclic) bond motifs is 6. The summed E-state index contributed by atoms with van der Waals surface area (Å²) in [6.45, 7) is 6.48. The maximum Gasteiger partial charge on any atom is 0.118 e. The van der Waals surface area contributed by atoms with E-state index in [-0.39, 0.29) is 11.1 Å². The van der Waals surface area contributed by atoms with Crippen molar-refractivity contribution in [3.05, 3.63) is 132 Å². The zero-order chi connectivity index (χ0) is 23.5. The second kappa shape index (κ2) is 7.98. The van der Waals surface area contributed by atoms with Gasteiger partial charge in [-0.25, -0.2) is 0 Å². The molecule has 0 nitrogen and oxygen atoms in total. The normalized spacial score (nSPS) is 14.9. The number of alkyl halides is 2. The molecule has 0 spiro atoms. The molecule has 0 heterocycles. The number of rotatable bonds is 5. The molecule has 4 aromatic rings. The van der Waals surface area contributed by atoms with Crippen LogP contribution < -0.4 is 0 Å². The first-order valence-corrected chi connectivity index (χ1v) is 15.3. The minimum absolute atomic E-state index is 0.166. The van der Waals surface area contributed by atoms with Crippen molar-refractivity contribution in [3.8, 4) is 22.3 Å². The van der Waals surface area contributed by atoms with Crippen LogP contribution in [0.2, 0.25) is 6.55 Å². The van der Waals surface area contributed by atoms with Crippen molar-refractivity contribution in [3.63, 3.8) is 0 Å². The first-order chi connectivity index (χ1) is 16.5. The van der Waals surface area contributed by atoms with E-state index >= 15 is 0 Å². The molecule has 0 saturated heterocycles. The lowest BCUT2D eigenvalue weighted by molar-refractivity contribution is 0.891. The molecule has 168 valence electrons. The van der Waals surface area contributed by atoms with Crippen LogP contribution in [-0.2, 0) is 0 Å². The summed E-state index contributed by atoms with van der Waals surface area (Å²) in [5, 5.41) is 0. The minimum Gasteiger partial charge on any atom is -0.105 e. The van der Waals surface area contributed by atoms with E-state index in [0.29, 0.717) is 6.42 Å². The van der Waals surface area contributed by atoms with Crippen LogP contribution in [0.4, 0.5) is 0 Å². The molecule has 0 fully saturated rings. The highest BCUT2D eigenvalue weighted by Crippen LogP contribution is 2.62. The van der Waals surface area contributed by atoms with Crippen molar-refractivity contribution < 1.29 is 0 Å². The van der Waals surface area contributed by atoms with E-state index in [2.05, 4.69) is 110 Å². The van der Waals surface area contributed by atoms with Gasteiger partial charge in [0.15, 0.2) is 0 Å². The third kappa shape index (κ3) is 2.91. The van der Waals surface area contributed by atoms with Crippen molar-refractivity contribution in [1.82, 2.24) is 0 Å². The van der Waals surface area contributed by atoms with E-state index in [9.17, 15) is 0 Å². The van der Waals surface area contributed by atoms with Gasteiger partial charge in [0.2, 0.25) is 0 Å². The third-order valence-corrected chi connectivity index (χ3v) is 16.2. The Bertz CT molecular complexity index is 1230. The fourth-order valence-corrected chi connectivity index (χ4v) is 13.5. The van der Waals surface area contributed by atoms with Gasteiger partial charge in [0.1, 0.15) is 12.0 Å². The first kappa shape index (κ1) is 21.9. The standard InChI is InChI=1S/C31H26Cl2Si/c1-3-20-31(32,33)34(2,29-25-16-8-4-12-21(25)22-13-5-9-17-26(22)29)30-27-18-10-6-14-23(27)24-15-7-11-19-28(24)30/h3-19,29-30H,1,20H2,2H3. The van der Waals surface area contributed by atoms with Gasteiger partial charge in [-0.05, 0) is 50.9 Å². The topological polar surface area (TPSA) is 0 Å². The molecule has 6 rings (SSSR count). The molecule has 34 heavy (non-hydrogen) atoms. The van der Waals surface area contributed by atoms with E-state index in [4.69, 9.17) is 23.2 Å². The van der Waals surface area contributed by atoms with Gasteiger partial charge in [-0.15, -0.1) is 29.8 Å². The van der Waals surface area contributed by atoms with Gasteiger partial charge in [0.05, 0.1) is 0 Å². The van der Waals surface area contributed by atoms with Gasteiger partial charge in [0, 0.05) is 11.1 Å². The van der Waals surface area contributed by atoms with E-state index in [1.54, 1.807) is 0 Å². The van der Waals surface area contributed by atoms with Gasteiger partial charge in [-0.1, -0.05) is 110 Å². The predicted octanol–water partition coefficient (Wildman–Crippen LogP) is 9.06. The van der Waals surface area contributed by atoms with Crippen molar-refractivity contribution in [1.29, 1.82) is 0 Å². The third-order valence-electron chi connectivity index (χ3n) is 8.06. The van der Waals surface area contributed by atoms with Gasteiger partial charge in [0.25, 0.3) is 0 Å². The van der Waals surface area contributed by atoms with Gasteiger partial charge >= 0.3 is 0 Å². The summed E-state index contributed by atoms with van der Waals surface area (Å²) < 4.78 is -0.917. The fourth-order valence-electron chi connectivity index (χ4n) is 6.59. The highest BCUT2D eigenvalue weighted by atomic mass is 35.5. The molecule has 0 aliphatic heterocycles. The zero-order valence-corrected chi connectivity index (χ0v) is 21.7. The van der Waals surface area contributed by atoms with E-state index in [1.165, 1.54) is 44.5 Å². The maximum atomic E-state index is 7.53. The van der Waals surface area contributed by atoms with Crippen molar-refractivity contribution in [2.75, 3.05) is 0 Å². The Morgan fingerprint density at radius 2 is 0.941 bits per heavy atom. The number of hydrogen-bond donors (Lipinski definition) is 0. The minimum atomic E-state index is -2.68. The van der Waals surface area contributed by atoms with Gasteiger partial charge in [-0.2, -0.15) is 0 Å². The smallest absolute Gasteiger partial charge is 0.105 e. The van der Waals surface area contributed by atoms with Crippen LogP contribution in [0.25, 0.3) is 22.3 Å². The summed E-state index contributed by atoms with van der Waals surface area (Å²) in [7, 11) is -2.68. The molecule has 0 bridgehead atoms. The quantitative estimate of drug-likeness (QED) is 0.147. The highest BCUT2D eigenvalue weighted by molar-refractivity contribution is 6.98. The van der Waals surface area contributed by atoms with Crippen LogP contribution >= 0.6 is 23.2 Å². The molecule has 0 radical (unpaired) electrons. The lowest BCUT2D eigenvalue weighted by Crippen LogP contribution is -2.58. The van der Waals surface area contributed by atoms with Crippen LogP contribution in [0.5, 0.6) is 0 Å². The summed E-state index contributed by atoms with van der Waals surface area (Å²) in [6.07, 6.45) is 2.45. The Morgan fingerprint density at radius 1 is 0.647 bits per heavy atom. The van der Waals surface area contributed by atoms with Gasteiger partial charge in [-0.3, -0.25) is 0 Å². The lowest BCUT2D eigenvalue weighted by Gasteiger charge is -2.48. The lowest BCUT2D eigenvalue weighted by atomic mass is 10.1. The molecule has 4 aromatic carbocycles. The van der Waals surface area contributed by atoms with Crippen molar-refractivity contribution >= 4 is 31.3 Å². The predicted molar refractivity (Wildman–Crippen MR) is 148 cm³/mol. The molecule has 0 unspecified atom stereocenters. The maximum absolute atomic E-state index is 7.53. The monoisotopic (exact) mass is 496 g/mol.